The summed E-state index contributed by atoms with van der Waals surface area (Å²) in [6.45, 7) is 3.87. The second-order valence-electron chi connectivity index (χ2n) is 3.98. The van der Waals surface area contributed by atoms with Crippen molar-refractivity contribution in [1.29, 1.82) is 0 Å². The van der Waals surface area contributed by atoms with E-state index in [1.807, 2.05) is 38.1 Å². The lowest BCUT2D eigenvalue weighted by Crippen LogP contribution is -1.86. The van der Waals surface area contributed by atoms with Gasteiger partial charge in [0.05, 0.1) is 0 Å². The summed E-state index contributed by atoms with van der Waals surface area (Å²) in [5.74, 6) is -0.214. The second kappa shape index (κ2) is 4.26. The Morgan fingerprint density at radius 1 is 1.00 bits per heavy atom. The SMILES string of the molecule is Cc1cc(F)cc(-c2cc(Cl)ccc2C)c1. The van der Waals surface area contributed by atoms with Gasteiger partial charge in [-0.3, -0.25) is 0 Å². The molecule has 0 unspecified atom stereocenters. The van der Waals surface area contributed by atoms with Crippen LogP contribution in [0.4, 0.5) is 4.39 Å². The van der Waals surface area contributed by atoms with Crippen molar-refractivity contribution < 1.29 is 4.39 Å². The average Bonchev–Trinajstić information content (AvgIpc) is 2.20. The lowest BCUT2D eigenvalue weighted by Gasteiger charge is -2.08. The summed E-state index contributed by atoms with van der Waals surface area (Å²) in [5.41, 5.74) is 3.86. The van der Waals surface area contributed by atoms with Crippen LogP contribution < -0.4 is 0 Å². The topological polar surface area (TPSA) is 0 Å². The minimum absolute atomic E-state index is 0.214. The van der Waals surface area contributed by atoms with Crippen LogP contribution in [0.1, 0.15) is 11.1 Å². The molecule has 0 heterocycles. The fourth-order valence-electron chi connectivity index (χ4n) is 1.80. The highest BCUT2D eigenvalue weighted by Gasteiger charge is 2.05. The highest BCUT2D eigenvalue weighted by molar-refractivity contribution is 6.30. The second-order valence-corrected chi connectivity index (χ2v) is 4.41. The molecule has 0 saturated carbocycles. The number of aryl methyl sites for hydroxylation is 2. The first-order valence-electron chi connectivity index (χ1n) is 5.10. The van der Waals surface area contributed by atoms with E-state index >= 15 is 0 Å². The summed E-state index contributed by atoms with van der Waals surface area (Å²) < 4.78 is 13.3. The fourth-order valence-corrected chi connectivity index (χ4v) is 1.97. The summed E-state index contributed by atoms with van der Waals surface area (Å²) >= 11 is 5.95. The van der Waals surface area contributed by atoms with E-state index < -0.39 is 0 Å². The zero-order valence-corrected chi connectivity index (χ0v) is 9.98. The predicted octanol–water partition coefficient (Wildman–Crippen LogP) is 4.76. The zero-order chi connectivity index (χ0) is 11.7. The first-order chi connectivity index (χ1) is 7.56. The van der Waals surface area contributed by atoms with Crippen LogP contribution in [-0.2, 0) is 0 Å². The third-order valence-electron chi connectivity index (χ3n) is 2.55. The van der Waals surface area contributed by atoms with Crippen LogP contribution >= 0.6 is 11.6 Å². The van der Waals surface area contributed by atoms with Gasteiger partial charge in [0.2, 0.25) is 0 Å². The van der Waals surface area contributed by atoms with Crippen LogP contribution in [0.15, 0.2) is 36.4 Å². The van der Waals surface area contributed by atoms with Gasteiger partial charge in [0, 0.05) is 5.02 Å². The van der Waals surface area contributed by atoms with Gasteiger partial charge in [-0.25, -0.2) is 4.39 Å². The van der Waals surface area contributed by atoms with Crippen molar-refractivity contribution in [1.82, 2.24) is 0 Å². The van der Waals surface area contributed by atoms with Crippen molar-refractivity contribution in [2.45, 2.75) is 13.8 Å². The van der Waals surface area contributed by atoms with Crippen LogP contribution in [0, 0.1) is 19.7 Å². The monoisotopic (exact) mass is 234 g/mol. The summed E-state index contributed by atoms with van der Waals surface area (Å²) in [7, 11) is 0. The number of benzene rings is 2. The standard InChI is InChI=1S/C14H12ClF/c1-9-5-11(7-13(16)6-9)14-8-12(15)4-3-10(14)2/h3-8H,1-2H3. The van der Waals surface area contributed by atoms with Crippen LogP contribution in [0.3, 0.4) is 0 Å². The van der Waals surface area contributed by atoms with E-state index in [0.29, 0.717) is 5.02 Å². The smallest absolute Gasteiger partial charge is 0.124 e. The van der Waals surface area contributed by atoms with E-state index in [9.17, 15) is 4.39 Å². The highest BCUT2D eigenvalue weighted by atomic mass is 35.5. The molecule has 0 spiro atoms. The quantitative estimate of drug-likeness (QED) is 0.667. The minimum atomic E-state index is -0.214. The molecule has 0 radical (unpaired) electrons. The molecule has 0 atom stereocenters. The van der Waals surface area contributed by atoms with Crippen molar-refractivity contribution in [3.05, 3.63) is 58.4 Å². The Balaban J connectivity index is 2.62. The Hall–Kier alpha value is -1.34. The van der Waals surface area contributed by atoms with Crippen molar-refractivity contribution >= 4 is 11.6 Å². The molecule has 2 aromatic rings. The van der Waals surface area contributed by atoms with Crippen LogP contribution in [0.25, 0.3) is 11.1 Å². The Kier molecular flexibility index (Phi) is 2.97. The highest BCUT2D eigenvalue weighted by Crippen LogP contribution is 2.27. The molecule has 0 aliphatic rings. The molecule has 0 aliphatic carbocycles. The van der Waals surface area contributed by atoms with Crippen molar-refractivity contribution in [3.63, 3.8) is 0 Å². The number of hydrogen-bond acceptors (Lipinski definition) is 0. The van der Waals surface area contributed by atoms with Crippen LogP contribution in [0.2, 0.25) is 5.02 Å². The molecule has 0 nitrogen and oxygen atoms in total. The average molecular weight is 235 g/mol. The van der Waals surface area contributed by atoms with Gasteiger partial charge in [-0.2, -0.15) is 0 Å². The van der Waals surface area contributed by atoms with Crippen molar-refractivity contribution in [3.8, 4) is 11.1 Å². The zero-order valence-electron chi connectivity index (χ0n) is 9.22. The first kappa shape index (κ1) is 11.2. The maximum Gasteiger partial charge on any atom is 0.124 e. The van der Waals surface area contributed by atoms with Gasteiger partial charge in [0.1, 0.15) is 5.82 Å². The Bertz CT molecular complexity index is 512. The van der Waals surface area contributed by atoms with Gasteiger partial charge in [-0.1, -0.05) is 23.7 Å². The molecule has 0 saturated heterocycles. The number of halogens is 2. The van der Waals surface area contributed by atoms with E-state index in [4.69, 9.17) is 11.6 Å². The number of rotatable bonds is 1. The van der Waals surface area contributed by atoms with Gasteiger partial charge < -0.3 is 0 Å². The summed E-state index contributed by atoms with van der Waals surface area (Å²) in [5, 5.41) is 0.669. The molecule has 2 heteroatoms. The third kappa shape index (κ3) is 2.25. The first-order valence-corrected chi connectivity index (χ1v) is 5.48. The van der Waals surface area contributed by atoms with Crippen LogP contribution in [0.5, 0.6) is 0 Å². The Labute approximate surface area is 99.7 Å². The van der Waals surface area contributed by atoms with Crippen molar-refractivity contribution in [2.24, 2.45) is 0 Å². The third-order valence-corrected chi connectivity index (χ3v) is 2.79. The largest absolute Gasteiger partial charge is 0.207 e. The lowest BCUT2D eigenvalue weighted by molar-refractivity contribution is 0.627. The molecule has 16 heavy (non-hydrogen) atoms. The maximum atomic E-state index is 13.3. The van der Waals surface area contributed by atoms with E-state index in [2.05, 4.69) is 0 Å². The summed E-state index contributed by atoms with van der Waals surface area (Å²) in [4.78, 5) is 0. The Morgan fingerprint density at radius 3 is 2.44 bits per heavy atom. The van der Waals surface area contributed by atoms with Gasteiger partial charge in [0.15, 0.2) is 0 Å². The molecule has 0 fully saturated rings. The molecule has 0 amide bonds. The molecular formula is C14H12ClF. The predicted molar refractivity (Wildman–Crippen MR) is 66.3 cm³/mol. The van der Waals surface area contributed by atoms with Crippen LogP contribution in [-0.4, -0.2) is 0 Å². The molecule has 0 bridgehead atoms. The number of hydrogen-bond donors (Lipinski definition) is 0. The molecule has 2 aromatic carbocycles. The molecule has 2 rings (SSSR count). The van der Waals surface area contributed by atoms with Gasteiger partial charge in [-0.15, -0.1) is 0 Å². The molecular weight excluding hydrogens is 223 g/mol. The van der Waals surface area contributed by atoms with E-state index in [-0.39, 0.29) is 5.82 Å². The van der Waals surface area contributed by atoms with Gasteiger partial charge in [0.25, 0.3) is 0 Å². The summed E-state index contributed by atoms with van der Waals surface area (Å²) in [6, 6.07) is 10.7. The van der Waals surface area contributed by atoms with Crippen molar-refractivity contribution in [2.75, 3.05) is 0 Å². The molecule has 0 aliphatic heterocycles. The lowest BCUT2D eigenvalue weighted by atomic mass is 9.99. The molecule has 0 N–H and O–H groups in total. The fraction of sp³-hybridized carbons (Fsp3) is 0.143. The van der Waals surface area contributed by atoms with E-state index in [0.717, 1.165) is 22.3 Å². The Morgan fingerprint density at radius 2 is 1.75 bits per heavy atom. The van der Waals surface area contributed by atoms with E-state index in [1.54, 1.807) is 0 Å². The molecule has 82 valence electrons. The maximum absolute atomic E-state index is 13.3. The van der Waals surface area contributed by atoms with Gasteiger partial charge in [-0.05, 0) is 60.4 Å². The molecule has 0 aromatic heterocycles. The normalized spacial score (nSPS) is 10.5. The van der Waals surface area contributed by atoms with E-state index in [1.165, 1.54) is 12.1 Å². The van der Waals surface area contributed by atoms with Gasteiger partial charge >= 0.3 is 0 Å². The summed E-state index contributed by atoms with van der Waals surface area (Å²) in [6.07, 6.45) is 0. The minimum Gasteiger partial charge on any atom is -0.207 e.